The highest BCUT2D eigenvalue weighted by Gasteiger charge is 2.36. The summed E-state index contributed by atoms with van der Waals surface area (Å²) in [6.45, 7) is 2.78. The van der Waals surface area contributed by atoms with Crippen LogP contribution in [0.1, 0.15) is 31.4 Å². The largest absolute Gasteiger partial charge is 0.416 e. The van der Waals surface area contributed by atoms with Crippen LogP contribution in [0, 0.1) is 0 Å². The summed E-state index contributed by atoms with van der Waals surface area (Å²) in [6, 6.07) is 17.0. The Kier molecular flexibility index (Phi) is 10.2. The molecule has 0 fully saturated rings. The molecule has 0 aromatic heterocycles. The van der Waals surface area contributed by atoms with E-state index in [1.807, 2.05) is 6.92 Å². The minimum atomic E-state index is -4.79. The van der Waals surface area contributed by atoms with E-state index in [4.69, 9.17) is 11.6 Å². The fourth-order valence-electron chi connectivity index (χ4n) is 3.87. The van der Waals surface area contributed by atoms with E-state index in [1.54, 1.807) is 36.4 Å². The van der Waals surface area contributed by atoms with Crippen molar-refractivity contribution in [1.29, 1.82) is 0 Å². The van der Waals surface area contributed by atoms with Crippen LogP contribution in [0.25, 0.3) is 0 Å². The predicted octanol–water partition coefficient (Wildman–Crippen LogP) is 5.50. The molecule has 40 heavy (non-hydrogen) atoms. The van der Waals surface area contributed by atoms with Gasteiger partial charge in [0.25, 0.3) is 10.0 Å². The summed E-state index contributed by atoms with van der Waals surface area (Å²) in [7, 11) is -4.57. The first-order chi connectivity index (χ1) is 18.9. The smallest absolute Gasteiger partial charge is 0.354 e. The minimum absolute atomic E-state index is 0.0457. The van der Waals surface area contributed by atoms with Crippen LogP contribution in [0.3, 0.4) is 0 Å². The van der Waals surface area contributed by atoms with Crippen molar-refractivity contribution in [3.63, 3.8) is 0 Å². The number of carbonyl (C=O) groups excluding carboxylic acids is 2. The molecule has 0 aliphatic carbocycles. The number of carbonyl (C=O) groups is 2. The van der Waals surface area contributed by atoms with Gasteiger partial charge in [-0.15, -0.1) is 0 Å². The van der Waals surface area contributed by atoms with Crippen LogP contribution < -0.4 is 9.62 Å². The van der Waals surface area contributed by atoms with Crippen molar-refractivity contribution in [2.24, 2.45) is 0 Å². The quantitative estimate of drug-likeness (QED) is 0.317. The maximum Gasteiger partial charge on any atom is 0.416 e. The SMILES string of the molecule is CCCNC(=O)[C@H](C)N(Cc1ccccc1)C(=O)CN(c1cc(C(F)(F)F)ccc1Cl)S(=O)(=O)c1ccccc1. The minimum Gasteiger partial charge on any atom is -0.354 e. The number of alkyl halides is 3. The van der Waals surface area contributed by atoms with Gasteiger partial charge in [-0.1, -0.05) is 67.1 Å². The summed E-state index contributed by atoms with van der Waals surface area (Å²) in [5.41, 5.74) is -0.988. The Labute approximate surface area is 236 Å². The van der Waals surface area contributed by atoms with Crippen molar-refractivity contribution in [2.75, 3.05) is 17.4 Å². The lowest BCUT2D eigenvalue weighted by Crippen LogP contribution is -2.51. The van der Waals surface area contributed by atoms with Gasteiger partial charge < -0.3 is 10.2 Å². The van der Waals surface area contributed by atoms with Crippen LogP contribution in [0.5, 0.6) is 0 Å². The van der Waals surface area contributed by atoms with Crippen molar-refractivity contribution < 1.29 is 31.2 Å². The first-order valence-corrected chi connectivity index (χ1v) is 14.2. The molecule has 0 heterocycles. The molecule has 0 aliphatic rings. The number of benzene rings is 3. The standard InChI is InChI=1S/C28H29ClF3N3O4S/c1-3-16-33-27(37)20(2)34(18-21-10-6-4-7-11-21)26(36)19-35(40(38,39)23-12-8-5-9-13-23)25-17-22(28(30,31)32)14-15-24(25)29/h4-15,17,20H,3,16,18-19H2,1-2H3,(H,33,37)/t20-/m0/s1. The number of rotatable bonds is 11. The highest BCUT2D eigenvalue weighted by molar-refractivity contribution is 7.92. The van der Waals surface area contributed by atoms with Crippen LogP contribution in [0.4, 0.5) is 18.9 Å². The van der Waals surface area contributed by atoms with Crippen LogP contribution >= 0.6 is 11.6 Å². The fraction of sp³-hybridized carbons (Fsp3) is 0.286. The first-order valence-electron chi connectivity index (χ1n) is 12.4. The van der Waals surface area contributed by atoms with Gasteiger partial charge in [0.05, 0.1) is 21.2 Å². The zero-order chi connectivity index (χ0) is 29.5. The predicted molar refractivity (Wildman–Crippen MR) is 147 cm³/mol. The van der Waals surface area contributed by atoms with E-state index < -0.39 is 51.9 Å². The Morgan fingerprint density at radius 3 is 2.15 bits per heavy atom. The monoisotopic (exact) mass is 595 g/mol. The third kappa shape index (κ3) is 7.54. The lowest BCUT2D eigenvalue weighted by atomic mass is 10.1. The lowest BCUT2D eigenvalue weighted by Gasteiger charge is -2.32. The molecule has 0 radical (unpaired) electrons. The van der Waals surface area contributed by atoms with Crippen LogP contribution in [0.15, 0.2) is 83.8 Å². The molecule has 12 heteroatoms. The summed E-state index contributed by atoms with van der Waals surface area (Å²) >= 11 is 6.24. The van der Waals surface area contributed by atoms with E-state index in [-0.39, 0.29) is 16.5 Å². The average molecular weight is 596 g/mol. The molecule has 0 unspecified atom stereocenters. The molecule has 1 atom stereocenters. The zero-order valence-corrected chi connectivity index (χ0v) is 23.4. The van der Waals surface area contributed by atoms with Crippen LogP contribution in [-0.2, 0) is 32.3 Å². The fourth-order valence-corrected chi connectivity index (χ4v) is 5.59. The molecular weight excluding hydrogens is 567 g/mol. The number of anilines is 1. The molecule has 0 saturated carbocycles. The van der Waals surface area contributed by atoms with Gasteiger partial charge in [-0.05, 0) is 49.2 Å². The van der Waals surface area contributed by atoms with Gasteiger partial charge >= 0.3 is 6.18 Å². The Hall–Kier alpha value is -3.57. The summed E-state index contributed by atoms with van der Waals surface area (Å²) in [4.78, 5) is 27.6. The second kappa shape index (κ2) is 13.2. The molecule has 1 N–H and O–H groups in total. The van der Waals surface area contributed by atoms with Crippen molar-refractivity contribution in [1.82, 2.24) is 10.2 Å². The van der Waals surface area contributed by atoms with E-state index in [9.17, 15) is 31.2 Å². The van der Waals surface area contributed by atoms with Crippen molar-refractivity contribution in [2.45, 2.75) is 43.9 Å². The first kappa shape index (κ1) is 31.0. The number of nitrogens with zero attached hydrogens (tertiary/aromatic N) is 2. The molecule has 3 rings (SSSR count). The number of sulfonamides is 1. The van der Waals surface area contributed by atoms with Gasteiger partial charge in [-0.3, -0.25) is 13.9 Å². The molecule has 2 amide bonds. The van der Waals surface area contributed by atoms with Gasteiger partial charge in [-0.25, -0.2) is 8.42 Å². The number of hydrogen-bond acceptors (Lipinski definition) is 4. The van der Waals surface area contributed by atoms with Crippen LogP contribution in [-0.4, -0.2) is 44.3 Å². The molecule has 0 spiro atoms. The Balaban J connectivity index is 2.10. The number of amides is 2. The van der Waals surface area contributed by atoms with Crippen LogP contribution in [0.2, 0.25) is 5.02 Å². The molecular formula is C28H29ClF3N3O4S. The van der Waals surface area contributed by atoms with Gasteiger partial charge in [-0.2, -0.15) is 13.2 Å². The number of halogens is 4. The number of nitrogens with one attached hydrogen (secondary N) is 1. The third-order valence-corrected chi connectivity index (χ3v) is 8.16. The number of hydrogen-bond donors (Lipinski definition) is 1. The van der Waals surface area contributed by atoms with E-state index in [0.29, 0.717) is 28.9 Å². The highest BCUT2D eigenvalue weighted by Crippen LogP contribution is 2.37. The summed E-state index contributed by atoms with van der Waals surface area (Å²) in [6.07, 6.45) is -4.14. The lowest BCUT2D eigenvalue weighted by molar-refractivity contribution is -0.139. The van der Waals surface area contributed by atoms with E-state index in [2.05, 4.69) is 5.32 Å². The second-order valence-corrected chi connectivity index (χ2v) is 11.2. The summed E-state index contributed by atoms with van der Waals surface area (Å²) in [5, 5.41) is 2.41. The molecule has 3 aromatic rings. The Bertz CT molecular complexity index is 1420. The molecule has 214 valence electrons. The molecule has 0 aliphatic heterocycles. The van der Waals surface area contributed by atoms with Gasteiger partial charge in [0.1, 0.15) is 12.6 Å². The summed E-state index contributed by atoms with van der Waals surface area (Å²) in [5.74, 6) is -1.27. The van der Waals surface area contributed by atoms with Gasteiger partial charge in [0.15, 0.2) is 0 Å². The third-order valence-electron chi connectivity index (χ3n) is 6.06. The van der Waals surface area contributed by atoms with Crippen molar-refractivity contribution >= 4 is 39.1 Å². The topological polar surface area (TPSA) is 86.8 Å². The maximum absolute atomic E-state index is 13.8. The van der Waals surface area contributed by atoms with E-state index in [1.165, 1.54) is 36.1 Å². The van der Waals surface area contributed by atoms with E-state index in [0.717, 1.165) is 12.1 Å². The maximum atomic E-state index is 13.8. The normalized spacial score (nSPS) is 12.4. The molecule has 0 bridgehead atoms. The Morgan fingerprint density at radius 1 is 0.975 bits per heavy atom. The van der Waals surface area contributed by atoms with Gasteiger partial charge in [0.2, 0.25) is 11.8 Å². The second-order valence-electron chi connectivity index (χ2n) is 8.96. The average Bonchev–Trinajstić information content (AvgIpc) is 2.93. The molecule has 3 aromatic carbocycles. The van der Waals surface area contributed by atoms with Crippen molar-refractivity contribution in [3.05, 3.63) is 95.0 Å². The molecule has 0 saturated heterocycles. The highest BCUT2D eigenvalue weighted by atomic mass is 35.5. The zero-order valence-electron chi connectivity index (χ0n) is 21.9. The van der Waals surface area contributed by atoms with E-state index >= 15 is 0 Å². The van der Waals surface area contributed by atoms with Crippen molar-refractivity contribution in [3.8, 4) is 0 Å². The summed E-state index contributed by atoms with van der Waals surface area (Å²) < 4.78 is 68.8. The molecule has 7 nitrogen and oxygen atoms in total. The Morgan fingerprint density at radius 2 is 1.57 bits per heavy atom. The van der Waals surface area contributed by atoms with Gasteiger partial charge in [0, 0.05) is 13.1 Å².